The molecule has 3 heteroatoms. The molecule has 0 nitrogen and oxygen atoms in total. The molecular weight excluding hydrogens is 294 g/mol. The van der Waals surface area contributed by atoms with Gasteiger partial charge in [0.2, 0.25) is 0 Å². The van der Waals surface area contributed by atoms with Gasteiger partial charge in [-0.1, -0.05) is 0 Å². The van der Waals surface area contributed by atoms with E-state index in [-0.39, 0.29) is 0 Å². The third kappa shape index (κ3) is 2.80. The van der Waals surface area contributed by atoms with Crippen LogP contribution >= 0.6 is 35.4 Å². The number of hydrogen-bond acceptors (Lipinski definition) is 0. The van der Waals surface area contributed by atoms with Crippen LogP contribution in [0.5, 0.6) is 0 Å². The van der Waals surface area contributed by atoms with Gasteiger partial charge in [-0.25, -0.2) is 0 Å². The molecule has 1 aromatic rings. The SMILES string of the molecule is Cc1cc(C)cc(I(Cl)Cl)c1. The Morgan fingerprint density at radius 3 is 1.82 bits per heavy atom. The molecule has 0 amide bonds. The number of hydrogen-bond donors (Lipinski definition) is 0. The second-order valence-corrected chi connectivity index (χ2v) is 9.69. The minimum atomic E-state index is -1.80. The average Bonchev–Trinajstić information content (AvgIpc) is 1.85. The van der Waals surface area contributed by atoms with E-state index in [9.17, 15) is 0 Å². The molecule has 0 aliphatic rings. The summed E-state index contributed by atoms with van der Waals surface area (Å²) in [5, 5.41) is 0. The van der Waals surface area contributed by atoms with Gasteiger partial charge in [-0.3, -0.25) is 0 Å². The first-order valence-electron chi connectivity index (χ1n) is 3.21. The molecule has 1 aromatic carbocycles. The van der Waals surface area contributed by atoms with Crippen LogP contribution in [-0.2, 0) is 0 Å². The Morgan fingerprint density at radius 2 is 1.45 bits per heavy atom. The zero-order valence-corrected chi connectivity index (χ0v) is 10.0. The Hall–Kier alpha value is 0.530. The van der Waals surface area contributed by atoms with Crippen molar-refractivity contribution in [2.75, 3.05) is 0 Å². The average molecular weight is 303 g/mol. The number of rotatable bonds is 1. The molecule has 1 rings (SSSR count). The standard InChI is InChI=1S/C8H9Cl2I/c1-6-3-7(2)5-8(4-6)11(9)10/h3-5H,1-2H3. The molecule has 0 unspecified atom stereocenters. The van der Waals surface area contributed by atoms with Gasteiger partial charge < -0.3 is 0 Å². The van der Waals surface area contributed by atoms with Gasteiger partial charge in [0, 0.05) is 0 Å². The molecule has 11 heavy (non-hydrogen) atoms. The van der Waals surface area contributed by atoms with Gasteiger partial charge in [-0.05, 0) is 0 Å². The van der Waals surface area contributed by atoms with Gasteiger partial charge >= 0.3 is 82.1 Å². The molecule has 0 aliphatic heterocycles. The van der Waals surface area contributed by atoms with Crippen molar-refractivity contribution in [3.05, 3.63) is 32.9 Å². The van der Waals surface area contributed by atoms with Crippen LogP contribution in [0.25, 0.3) is 0 Å². The summed E-state index contributed by atoms with van der Waals surface area (Å²) < 4.78 is 1.13. The number of halogens is 3. The van der Waals surface area contributed by atoms with Crippen molar-refractivity contribution in [2.45, 2.75) is 13.8 Å². The van der Waals surface area contributed by atoms with E-state index in [1.807, 2.05) is 0 Å². The summed E-state index contributed by atoms with van der Waals surface area (Å²) in [6.07, 6.45) is 0. The van der Waals surface area contributed by atoms with Gasteiger partial charge in [0.1, 0.15) is 0 Å². The molecule has 0 heterocycles. The zero-order chi connectivity index (χ0) is 8.43. The molecule has 0 aliphatic carbocycles. The fourth-order valence-corrected chi connectivity index (χ4v) is 3.56. The van der Waals surface area contributed by atoms with Crippen molar-refractivity contribution in [1.82, 2.24) is 0 Å². The van der Waals surface area contributed by atoms with E-state index in [1.54, 1.807) is 0 Å². The first-order chi connectivity index (χ1) is 5.09. The van der Waals surface area contributed by atoms with E-state index in [1.165, 1.54) is 11.1 Å². The quantitative estimate of drug-likeness (QED) is 0.679. The molecule has 0 radical (unpaired) electrons. The van der Waals surface area contributed by atoms with Crippen LogP contribution in [0.3, 0.4) is 0 Å². The fourth-order valence-electron chi connectivity index (χ4n) is 1.00. The van der Waals surface area contributed by atoms with Crippen molar-refractivity contribution in [1.29, 1.82) is 0 Å². The summed E-state index contributed by atoms with van der Waals surface area (Å²) in [7, 11) is 11.7. The summed E-state index contributed by atoms with van der Waals surface area (Å²) in [6.45, 7) is 4.12. The first kappa shape index (κ1) is 9.62. The first-order valence-corrected chi connectivity index (χ1v) is 9.75. The van der Waals surface area contributed by atoms with Crippen molar-refractivity contribution in [3.8, 4) is 0 Å². The normalized spacial score (nSPS) is 11.5. The molecule has 0 saturated heterocycles. The van der Waals surface area contributed by atoms with Gasteiger partial charge in [-0.15, -0.1) is 0 Å². The molecule has 0 aromatic heterocycles. The Kier molecular flexibility index (Phi) is 3.47. The van der Waals surface area contributed by atoms with Crippen LogP contribution in [-0.4, -0.2) is 0 Å². The minimum absolute atomic E-state index is 1.13. The maximum absolute atomic E-state index is 5.87. The Bertz CT molecular complexity index is 238. The topological polar surface area (TPSA) is 0 Å². The van der Waals surface area contributed by atoms with Crippen molar-refractivity contribution in [2.24, 2.45) is 0 Å². The summed E-state index contributed by atoms with van der Waals surface area (Å²) in [4.78, 5) is 0. The van der Waals surface area contributed by atoms with Gasteiger partial charge in [0.05, 0.1) is 0 Å². The van der Waals surface area contributed by atoms with E-state index in [2.05, 4.69) is 32.0 Å². The maximum atomic E-state index is 5.87. The molecule has 0 atom stereocenters. The van der Waals surface area contributed by atoms with Crippen LogP contribution < -0.4 is 0 Å². The molecule has 0 bridgehead atoms. The zero-order valence-electron chi connectivity index (χ0n) is 6.37. The molecule has 0 saturated carbocycles. The second-order valence-electron chi connectivity index (χ2n) is 2.50. The third-order valence-corrected chi connectivity index (χ3v) is 5.13. The summed E-state index contributed by atoms with van der Waals surface area (Å²) >= 11 is -1.80. The van der Waals surface area contributed by atoms with Crippen molar-refractivity contribution < 1.29 is 0 Å². The molecule has 0 spiro atoms. The van der Waals surface area contributed by atoms with Gasteiger partial charge in [0.25, 0.3) is 0 Å². The number of aryl methyl sites for hydroxylation is 2. The van der Waals surface area contributed by atoms with Crippen LogP contribution in [0.4, 0.5) is 0 Å². The summed E-state index contributed by atoms with van der Waals surface area (Å²) in [6, 6.07) is 6.26. The van der Waals surface area contributed by atoms with Crippen molar-refractivity contribution >= 4 is 35.4 Å². The monoisotopic (exact) mass is 302 g/mol. The third-order valence-electron chi connectivity index (χ3n) is 1.35. The van der Waals surface area contributed by atoms with Gasteiger partial charge in [-0.2, -0.15) is 0 Å². The Balaban J connectivity index is 3.08. The molecular formula is C8H9Cl2I. The second kappa shape index (κ2) is 3.97. The van der Waals surface area contributed by atoms with E-state index >= 15 is 0 Å². The number of benzene rings is 1. The predicted molar refractivity (Wildman–Crippen MR) is 60.3 cm³/mol. The summed E-state index contributed by atoms with van der Waals surface area (Å²) in [5.41, 5.74) is 2.48. The molecule has 0 N–H and O–H groups in total. The molecule has 0 fully saturated rings. The van der Waals surface area contributed by atoms with Crippen LogP contribution in [0.1, 0.15) is 11.1 Å². The van der Waals surface area contributed by atoms with Crippen LogP contribution in [0.2, 0.25) is 0 Å². The van der Waals surface area contributed by atoms with Crippen LogP contribution in [0, 0.1) is 17.4 Å². The fraction of sp³-hybridized carbons (Fsp3) is 0.250. The Morgan fingerprint density at radius 1 is 1.00 bits per heavy atom. The Labute approximate surface area is 81.7 Å². The van der Waals surface area contributed by atoms with E-state index in [0.29, 0.717) is 0 Å². The van der Waals surface area contributed by atoms with E-state index < -0.39 is 17.6 Å². The van der Waals surface area contributed by atoms with E-state index in [4.69, 9.17) is 17.8 Å². The van der Waals surface area contributed by atoms with Gasteiger partial charge in [0.15, 0.2) is 0 Å². The summed E-state index contributed by atoms with van der Waals surface area (Å²) in [5.74, 6) is 0. The predicted octanol–water partition coefficient (Wildman–Crippen LogP) is 4.29. The molecule has 62 valence electrons. The van der Waals surface area contributed by atoms with Crippen molar-refractivity contribution in [3.63, 3.8) is 0 Å². The van der Waals surface area contributed by atoms with Crippen LogP contribution in [0.15, 0.2) is 18.2 Å². The van der Waals surface area contributed by atoms with E-state index in [0.717, 1.165) is 3.57 Å².